The summed E-state index contributed by atoms with van der Waals surface area (Å²) in [7, 11) is 1.77. The van der Waals surface area contributed by atoms with Gasteiger partial charge in [0.1, 0.15) is 9.71 Å². The summed E-state index contributed by atoms with van der Waals surface area (Å²) >= 11 is 1.35. The fourth-order valence-corrected chi connectivity index (χ4v) is 4.90. The summed E-state index contributed by atoms with van der Waals surface area (Å²) in [5, 5.41) is 0.825. The van der Waals surface area contributed by atoms with Crippen molar-refractivity contribution in [1.82, 2.24) is 4.98 Å². The number of hydrogen-bond donors (Lipinski definition) is 1. The summed E-state index contributed by atoms with van der Waals surface area (Å²) in [5.41, 5.74) is 11.8. The molecule has 2 heterocycles. The third-order valence-corrected chi connectivity index (χ3v) is 6.58. The Kier molecular flexibility index (Phi) is 5.17. The Hall–Kier alpha value is -3.96. The highest BCUT2D eigenvalue weighted by molar-refractivity contribution is 7.21. The fraction of sp³-hybridized carbons (Fsp3) is 0.0370. The van der Waals surface area contributed by atoms with Crippen molar-refractivity contribution in [3.05, 3.63) is 102 Å². The zero-order valence-electron chi connectivity index (χ0n) is 17.5. The van der Waals surface area contributed by atoms with Gasteiger partial charge in [-0.2, -0.15) is 0 Å². The van der Waals surface area contributed by atoms with Gasteiger partial charge in [0, 0.05) is 23.7 Å². The lowest BCUT2D eigenvalue weighted by Crippen LogP contribution is -2.25. The average molecular weight is 436 g/mol. The third kappa shape index (κ3) is 3.53. The molecule has 0 bridgehead atoms. The van der Waals surface area contributed by atoms with Crippen molar-refractivity contribution < 1.29 is 4.79 Å². The van der Waals surface area contributed by atoms with E-state index in [9.17, 15) is 4.79 Å². The molecule has 0 aliphatic heterocycles. The van der Waals surface area contributed by atoms with E-state index in [2.05, 4.69) is 18.2 Å². The second kappa shape index (κ2) is 8.29. The van der Waals surface area contributed by atoms with Gasteiger partial charge in [-0.25, -0.2) is 4.98 Å². The highest BCUT2D eigenvalue weighted by Crippen LogP contribution is 2.41. The van der Waals surface area contributed by atoms with Crippen molar-refractivity contribution in [2.75, 3.05) is 17.7 Å². The van der Waals surface area contributed by atoms with Crippen LogP contribution in [-0.2, 0) is 0 Å². The molecule has 5 heteroatoms. The molecule has 0 saturated heterocycles. The Bertz CT molecular complexity index is 1400. The molecule has 3 aromatic carbocycles. The van der Waals surface area contributed by atoms with Crippen molar-refractivity contribution in [3.8, 4) is 22.4 Å². The van der Waals surface area contributed by atoms with E-state index in [1.807, 2.05) is 78.9 Å². The molecule has 4 nitrogen and oxygen atoms in total. The highest BCUT2D eigenvalue weighted by Gasteiger charge is 2.24. The zero-order chi connectivity index (χ0) is 22.1. The van der Waals surface area contributed by atoms with Crippen LogP contribution in [0.25, 0.3) is 32.6 Å². The molecule has 156 valence electrons. The number of para-hydroxylation sites is 1. The number of anilines is 2. The summed E-state index contributed by atoms with van der Waals surface area (Å²) in [6.07, 6.45) is 0. The number of benzene rings is 3. The molecule has 0 aliphatic rings. The molecular formula is C27H21N3OS. The molecule has 5 rings (SSSR count). The number of hydrogen-bond acceptors (Lipinski definition) is 4. The first kappa shape index (κ1) is 20.0. The van der Waals surface area contributed by atoms with Crippen LogP contribution in [0, 0.1) is 0 Å². The standard InChI is InChI=1S/C27H21N3OS/c1-30(20-15-9-4-10-16-20)27(31)25-24(28)23-21(18-11-5-2-6-12-18)17-22(29-26(23)32-25)19-13-7-3-8-14-19/h2-17H,28H2,1H3. The first-order valence-electron chi connectivity index (χ1n) is 10.3. The number of fused-ring (bicyclic) bond motifs is 1. The maximum Gasteiger partial charge on any atom is 0.270 e. The fourth-order valence-electron chi connectivity index (χ4n) is 3.80. The van der Waals surface area contributed by atoms with Crippen molar-refractivity contribution in [3.63, 3.8) is 0 Å². The number of nitrogens with two attached hydrogens (primary N) is 1. The van der Waals surface area contributed by atoms with E-state index in [-0.39, 0.29) is 5.91 Å². The normalized spacial score (nSPS) is 10.9. The summed E-state index contributed by atoms with van der Waals surface area (Å²) in [4.78, 5) is 21.1. The Balaban J connectivity index is 1.71. The number of carbonyl (C=O) groups is 1. The van der Waals surface area contributed by atoms with Gasteiger partial charge in [-0.05, 0) is 29.3 Å². The molecule has 0 unspecified atom stereocenters. The number of amides is 1. The summed E-state index contributed by atoms with van der Waals surface area (Å²) in [6.45, 7) is 0. The number of carbonyl (C=O) groups excluding carboxylic acids is 1. The van der Waals surface area contributed by atoms with Gasteiger partial charge in [0.15, 0.2) is 0 Å². The number of aromatic nitrogens is 1. The predicted octanol–water partition coefficient (Wildman–Crippen LogP) is 6.49. The maximum atomic E-state index is 13.4. The van der Waals surface area contributed by atoms with Gasteiger partial charge in [0.2, 0.25) is 0 Å². The Morgan fingerprint density at radius 2 is 1.41 bits per heavy atom. The van der Waals surface area contributed by atoms with Crippen molar-refractivity contribution in [2.45, 2.75) is 0 Å². The number of rotatable bonds is 4. The Morgan fingerprint density at radius 1 is 0.844 bits per heavy atom. The molecule has 0 spiro atoms. The minimum Gasteiger partial charge on any atom is -0.397 e. The van der Waals surface area contributed by atoms with Crippen LogP contribution in [0.5, 0.6) is 0 Å². The van der Waals surface area contributed by atoms with E-state index >= 15 is 0 Å². The highest BCUT2D eigenvalue weighted by atomic mass is 32.1. The minimum atomic E-state index is -0.142. The van der Waals surface area contributed by atoms with Crippen LogP contribution in [0.15, 0.2) is 97.1 Å². The van der Waals surface area contributed by atoms with Crippen molar-refractivity contribution >= 4 is 38.8 Å². The summed E-state index contributed by atoms with van der Waals surface area (Å²) in [5.74, 6) is -0.142. The van der Waals surface area contributed by atoms with Crippen molar-refractivity contribution in [2.24, 2.45) is 0 Å². The molecule has 0 fully saturated rings. The van der Waals surface area contributed by atoms with Gasteiger partial charge in [-0.3, -0.25) is 4.79 Å². The predicted molar refractivity (Wildman–Crippen MR) is 134 cm³/mol. The number of pyridine rings is 1. The summed E-state index contributed by atoms with van der Waals surface area (Å²) < 4.78 is 0. The van der Waals surface area contributed by atoms with Crippen molar-refractivity contribution in [1.29, 1.82) is 0 Å². The van der Waals surface area contributed by atoms with Gasteiger partial charge < -0.3 is 10.6 Å². The number of thiophene rings is 1. The first-order chi connectivity index (χ1) is 15.6. The molecule has 2 N–H and O–H groups in total. The Morgan fingerprint density at radius 3 is 2.03 bits per heavy atom. The SMILES string of the molecule is CN(C(=O)c1sc2nc(-c3ccccc3)cc(-c3ccccc3)c2c1N)c1ccccc1. The lowest BCUT2D eigenvalue weighted by molar-refractivity contribution is 0.0997. The monoisotopic (exact) mass is 435 g/mol. The molecule has 2 aromatic heterocycles. The minimum absolute atomic E-state index is 0.142. The lowest BCUT2D eigenvalue weighted by atomic mass is 9.99. The lowest BCUT2D eigenvalue weighted by Gasteiger charge is -2.16. The van der Waals surface area contributed by atoms with Gasteiger partial charge >= 0.3 is 0 Å². The van der Waals surface area contributed by atoms with Crippen LogP contribution in [-0.4, -0.2) is 17.9 Å². The van der Waals surface area contributed by atoms with Gasteiger partial charge in [0.25, 0.3) is 5.91 Å². The number of nitrogens with zero attached hydrogens (tertiary/aromatic N) is 2. The maximum absolute atomic E-state index is 13.4. The molecule has 32 heavy (non-hydrogen) atoms. The first-order valence-corrected chi connectivity index (χ1v) is 11.1. The second-order valence-electron chi connectivity index (χ2n) is 7.51. The smallest absolute Gasteiger partial charge is 0.270 e. The van der Waals surface area contributed by atoms with Crippen LogP contribution in [0.1, 0.15) is 9.67 Å². The molecule has 5 aromatic rings. The van der Waals surface area contributed by atoms with Crippen LogP contribution >= 0.6 is 11.3 Å². The molecule has 0 atom stereocenters. The van der Waals surface area contributed by atoms with E-state index in [4.69, 9.17) is 10.7 Å². The molecule has 0 aliphatic carbocycles. The van der Waals surface area contributed by atoms with E-state index in [0.717, 1.165) is 38.3 Å². The van der Waals surface area contributed by atoms with Gasteiger partial charge in [0.05, 0.1) is 11.4 Å². The molecule has 0 saturated carbocycles. The topological polar surface area (TPSA) is 59.2 Å². The van der Waals surface area contributed by atoms with Crippen LogP contribution in [0.2, 0.25) is 0 Å². The van der Waals surface area contributed by atoms with E-state index in [1.54, 1.807) is 11.9 Å². The molecule has 0 radical (unpaired) electrons. The quantitative estimate of drug-likeness (QED) is 0.351. The third-order valence-electron chi connectivity index (χ3n) is 5.50. The van der Waals surface area contributed by atoms with E-state index in [0.29, 0.717) is 10.6 Å². The molecule has 1 amide bonds. The zero-order valence-corrected chi connectivity index (χ0v) is 18.3. The largest absolute Gasteiger partial charge is 0.397 e. The van der Waals surface area contributed by atoms with E-state index < -0.39 is 0 Å². The number of nitrogen functional groups attached to an aromatic ring is 1. The second-order valence-corrected chi connectivity index (χ2v) is 8.51. The van der Waals surface area contributed by atoms with Crippen LogP contribution in [0.3, 0.4) is 0 Å². The average Bonchev–Trinajstić information content (AvgIpc) is 3.20. The summed E-state index contributed by atoms with van der Waals surface area (Å²) in [6, 6.07) is 31.8. The Labute approximate surface area is 190 Å². The van der Waals surface area contributed by atoms with E-state index in [1.165, 1.54) is 11.3 Å². The van der Waals surface area contributed by atoms with Gasteiger partial charge in [-0.15, -0.1) is 11.3 Å². The molecular weight excluding hydrogens is 414 g/mol. The van der Waals surface area contributed by atoms with Crippen LogP contribution in [0.4, 0.5) is 11.4 Å². The van der Waals surface area contributed by atoms with Crippen LogP contribution < -0.4 is 10.6 Å². The van der Waals surface area contributed by atoms with Gasteiger partial charge in [-0.1, -0.05) is 78.9 Å².